The summed E-state index contributed by atoms with van der Waals surface area (Å²) < 4.78 is 0. The Morgan fingerprint density at radius 2 is 2.12 bits per heavy atom. The summed E-state index contributed by atoms with van der Waals surface area (Å²) in [5.74, 6) is -0.175. The fourth-order valence-electron chi connectivity index (χ4n) is 1.44. The van der Waals surface area contributed by atoms with Gasteiger partial charge in [0.15, 0.2) is 0 Å². The van der Waals surface area contributed by atoms with Gasteiger partial charge in [0.05, 0.1) is 12.1 Å². The van der Waals surface area contributed by atoms with E-state index in [0.29, 0.717) is 16.5 Å². The van der Waals surface area contributed by atoms with E-state index in [0.717, 1.165) is 5.56 Å². The van der Waals surface area contributed by atoms with Gasteiger partial charge in [-0.05, 0) is 31.0 Å². The maximum absolute atomic E-state index is 11.6. The number of halogens is 2. The molecule has 0 aliphatic heterocycles. The number of benzene rings is 1. The first-order chi connectivity index (χ1) is 7.95. The van der Waals surface area contributed by atoms with Crippen molar-refractivity contribution < 1.29 is 4.79 Å². The van der Waals surface area contributed by atoms with E-state index in [1.165, 1.54) is 0 Å². The molecule has 1 aromatic rings. The molecule has 0 bridgehead atoms. The van der Waals surface area contributed by atoms with E-state index >= 15 is 0 Å². The Hall–Kier alpha value is -0.770. The predicted octanol–water partition coefficient (Wildman–Crippen LogP) is 2.91. The van der Waals surface area contributed by atoms with Gasteiger partial charge in [-0.3, -0.25) is 4.79 Å². The lowest BCUT2D eigenvalue weighted by Gasteiger charge is -2.18. The average Bonchev–Trinajstić information content (AvgIpc) is 2.27. The third-order valence-electron chi connectivity index (χ3n) is 2.56. The van der Waals surface area contributed by atoms with Crippen LogP contribution in [0.4, 0.5) is 0 Å². The van der Waals surface area contributed by atoms with Gasteiger partial charge in [-0.2, -0.15) is 0 Å². The number of rotatable bonds is 4. The van der Waals surface area contributed by atoms with Crippen molar-refractivity contribution in [1.82, 2.24) is 5.32 Å². The van der Waals surface area contributed by atoms with E-state index < -0.39 is 6.04 Å². The van der Waals surface area contributed by atoms with Crippen LogP contribution in [-0.2, 0) is 4.79 Å². The van der Waals surface area contributed by atoms with Crippen LogP contribution in [-0.4, -0.2) is 11.9 Å². The lowest BCUT2D eigenvalue weighted by molar-refractivity contribution is -0.123. The molecule has 17 heavy (non-hydrogen) atoms. The molecule has 3 nitrogen and oxygen atoms in total. The van der Waals surface area contributed by atoms with Crippen molar-refractivity contribution in [3.63, 3.8) is 0 Å². The van der Waals surface area contributed by atoms with Crippen molar-refractivity contribution in [1.29, 1.82) is 0 Å². The lowest BCUT2D eigenvalue weighted by Crippen LogP contribution is -2.41. The van der Waals surface area contributed by atoms with Gasteiger partial charge in [-0.25, -0.2) is 0 Å². The molecule has 0 fully saturated rings. The van der Waals surface area contributed by atoms with Crippen molar-refractivity contribution in [3.8, 4) is 0 Å². The van der Waals surface area contributed by atoms with Crippen LogP contribution in [0.3, 0.4) is 0 Å². The Bertz CT molecular complexity index is 409. The maximum atomic E-state index is 11.6. The molecule has 1 amide bonds. The summed E-state index contributed by atoms with van der Waals surface area (Å²) in [6.45, 7) is 3.72. The number of hydrogen-bond donors (Lipinski definition) is 2. The summed E-state index contributed by atoms with van der Waals surface area (Å²) in [6.07, 6.45) is 0.604. The topological polar surface area (TPSA) is 55.1 Å². The highest BCUT2D eigenvalue weighted by Crippen LogP contribution is 2.26. The summed E-state index contributed by atoms with van der Waals surface area (Å²) in [5, 5.41) is 3.92. The molecule has 0 saturated heterocycles. The Labute approximate surface area is 111 Å². The maximum Gasteiger partial charge on any atom is 0.237 e. The number of nitrogens with one attached hydrogen (secondary N) is 1. The van der Waals surface area contributed by atoms with Crippen LogP contribution in [0.25, 0.3) is 0 Å². The van der Waals surface area contributed by atoms with Gasteiger partial charge in [0, 0.05) is 10.0 Å². The van der Waals surface area contributed by atoms with Crippen LogP contribution in [0.5, 0.6) is 0 Å². The SMILES string of the molecule is CCC(N)C(=O)NC(C)c1ccc(Cl)cc1Cl. The van der Waals surface area contributed by atoms with Gasteiger partial charge in [-0.15, -0.1) is 0 Å². The molecular formula is C12H16Cl2N2O. The minimum atomic E-state index is -0.483. The van der Waals surface area contributed by atoms with Crippen LogP contribution in [0.1, 0.15) is 31.9 Å². The molecule has 94 valence electrons. The average molecular weight is 275 g/mol. The zero-order valence-corrected chi connectivity index (χ0v) is 11.3. The zero-order chi connectivity index (χ0) is 13.0. The Morgan fingerprint density at radius 1 is 1.47 bits per heavy atom. The molecule has 0 aromatic heterocycles. The summed E-state index contributed by atoms with van der Waals surface area (Å²) in [4.78, 5) is 11.6. The smallest absolute Gasteiger partial charge is 0.237 e. The van der Waals surface area contributed by atoms with Gasteiger partial charge in [0.25, 0.3) is 0 Å². The molecule has 0 spiro atoms. The fraction of sp³-hybridized carbons (Fsp3) is 0.417. The molecule has 1 rings (SSSR count). The Morgan fingerprint density at radius 3 is 2.65 bits per heavy atom. The van der Waals surface area contributed by atoms with E-state index in [1.54, 1.807) is 18.2 Å². The van der Waals surface area contributed by atoms with Crippen LogP contribution in [0.15, 0.2) is 18.2 Å². The number of carbonyl (C=O) groups excluding carboxylic acids is 1. The van der Waals surface area contributed by atoms with Crippen LogP contribution in [0, 0.1) is 0 Å². The van der Waals surface area contributed by atoms with Crippen molar-refractivity contribution in [2.75, 3.05) is 0 Å². The first-order valence-electron chi connectivity index (χ1n) is 5.46. The predicted molar refractivity (Wildman–Crippen MR) is 71.3 cm³/mol. The van der Waals surface area contributed by atoms with Gasteiger partial charge in [0.1, 0.15) is 0 Å². The molecule has 0 heterocycles. The fourth-order valence-corrected chi connectivity index (χ4v) is 2.01. The molecule has 0 aliphatic carbocycles. The van der Waals surface area contributed by atoms with Crippen molar-refractivity contribution in [3.05, 3.63) is 33.8 Å². The summed E-state index contributed by atoms with van der Waals surface area (Å²) in [6, 6.07) is 4.52. The minimum absolute atomic E-state index is 0.175. The van der Waals surface area contributed by atoms with Crippen molar-refractivity contribution >= 4 is 29.1 Å². The largest absolute Gasteiger partial charge is 0.348 e. The number of nitrogens with two attached hydrogens (primary N) is 1. The second kappa shape index (κ2) is 6.24. The molecule has 0 saturated carbocycles. The van der Waals surface area contributed by atoms with Crippen molar-refractivity contribution in [2.24, 2.45) is 5.73 Å². The number of amides is 1. The standard InChI is InChI=1S/C12H16Cl2N2O/c1-3-11(15)12(17)16-7(2)9-5-4-8(13)6-10(9)14/h4-7,11H,3,15H2,1-2H3,(H,16,17). The van der Waals surface area contributed by atoms with Crippen LogP contribution < -0.4 is 11.1 Å². The Kier molecular flexibility index (Phi) is 5.25. The highest BCUT2D eigenvalue weighted by molar-refractivity contribution is 6.35. The molecule has 1 aromatic carbocycles. The third kappa shape index (κ3) is 3.87. The number of hydrogen-bond acceptors (Lipinski definition) is 2. The first-order valence-corrected chi connectivity index (χ1v) is 6.22. The normalized spacial score (nSPS) is 14.2. The van der Waals surface area contributed by atoms with Crippen molar-refractivity contribution in [2.45, 2.75) is 32.4 Å². The minimum Gasteiger partial charge on any atom is -0.348 e. The molecule has 2 unspecified atom stereocenters. The highest BCUT2D eigenvalue weighted by atomic mass is 35.5. The Balaban J connectivity index is 2.76. The van der Waals surface area contributed by atoms with Crippen LogP contribution >= 0.6 is 23.2 Å². The summed E-state index contributed by atoms with van der Waals surface area (Å²) in [5.41, 5.74) is 6.47. The van der Waals surface area contributed by atoms with E-state index in [1.807, 2.05) is 13.8 Å². The third-order valence-corrected chi connectivity index (χ3v) is 3.13. The summed E-state index contributed by atoms with van der Waals surface area (Å²) >= 11 is 11.9. The van der Waals surface area contributed by atoms with E-state index in [-0.39, 0.29) is 11.9 Å². The second-order valence-electron chi connectivity index (χ2n) is 3.91. The second-order valence-corrected chi connectivity index (χ2v) is 4.75. The quantitative estimate of drug-likeness (QED) is 0.887. The molecule has 0 aliphatic rings. The molecule has 3 N–H and O–H groups in total. The zero-order valence-electron chi connectivity index (χ0n) is 9.84. The van der Waals surface area contributed by atoms with Gasteiger partial charge >= 0.3 is 0 Å². The van der Waals surface area contributed by atoms with Gasteiger partial charge < -0.3 is 11.1 Å². The number of carbonyl (C=O) groups is 1. The van der Waals surface area contributed by atoms with Gasteiger partial charge in [0.2, 0.25) is 5.91 Å². The van der Waals surface area contributed by atoms with E-state index in [9.17, 15) is 4.79 Å². The van der Waals surface area contributed by atoms with E-state index in [2.05, 4.69) is 5.32 Å². The molecular weight excluding hydrogens is 259 g/mol. The highest BCUT2D eigenvalue weighted by Gasteiger charge is 2.16. The van der Waals surface area contributed by atoms with E-state index in [4.69, 9.17) is 28.9 Å². The lowest BCUT2D eigenvalue weighted by atomic mass is 10.1. The monoisotopic (exact) mass is 274 g/mol. The molecule has 0 radical (unpaired) electrons. The summed E-state index contributed by atoms with van der Waals surface area (Å²) in [7, 11) is 0. The van der Waals surface area contributed by atoms with Gasteiger partial charge in [-0.1, -0.05) is 36.2 Å². The molecule has 5 heteroatoms. The first kappa shape index (κ1) is 14.3. The molecule has 2 atom stereocenters. The van der Waals surface area contributed by atoms with Crippen LogP contribution in [0.2, 0.25) is 10.0 Å².